The van der Waals surface area contributed by atoms with Gasteiger partial charge in [-0.3, -0.25) is 4.79 Å². The molecule has 0 spiro atoms. The van der Waals surface area contributed by atoms with Crippen molar-refractivity contribution in [1.82, 2.24) is 4.90 Å². The van der Waals surface area contributed by atoms with Gasteiger partial charge in [-0.25, -0.2) is 0 Å². The smallest absolute Gasteiger partial charge is 0.329 e. The van der Waals surface area contributed by atoms with Gasteiger partial charge in [-0.1, -0.05) is 30.3 Å². The monoisotopic (exact) mass is 286 g/mol. The summed E-state index contributed by atoms with van der Waals surface area (Å²) in [5, 5.41) is 0. The summed E-state index contributed by atoms with van der Waals surface area (Å²) in [5.41, 5.74) is 6.63. The molecule has 1 aromatic carbocycles. The highest BCUT2D eigenvalue weighted by atomic mass is 19.4. The number of likely N-dealkylation sites (tertiary alicyclic amines) is 1. The molecule has 6 heteroatoms. The average Bonchev–Trinajstić information content (AvgIpc) is 2.39. The molecule has 1 amide bonds. The van der Waals surface area contributed by atoms with Crippen molar-refractivity contribution in [1.29, 1.82) is 0 Å². The molecule has 0 aliphatic carbocycles. The number of nitrogens with two attached hydrogens (primary N) is 1. The fourth-order valence-electron chi connectivity index (χ4n) is 2.73. The summed E-state index contributed by atoms with van der Waals surface area (Å²) < 4.78 is 37.8. The van der Waals surface area contributed by atoms with E-state index in [4.69, 9.17) is 5.73 Å². The standard InChI is InChI=1S/C14H17F3N2O/c1-9-11(10-5-3-2-4-6-10)7-12(18)13(20)19(9)8-14(15,16)17/h2-6,9,11-12H,7-8,18H2,1H3/t9?,11?,12-/m1/s1. The molecule has 3 nitrogen and oxygen atoms in total. The molecule has 1 aliphatic rings. The van der Waals surface area contributed by atoms with E-state index in [-0.39, 0.29) is 5.92 Å². The van der Waals surface area contributed by atoms with E-state index in [2.05, 4.69) is 0 Å². The van der Waals surface area contributed by atoms with Crippen LogP contribution in [-0.2, 0) is 4.79 Å². The number of halogens is 3. The molecule has 1 fully saturated rings. The van der Waals surface area contributed by atoms with Gasteiger partial charge in [0.1, 0.15) is 6.54 Å². The molecule has 110 valence electrons. The third-order valence-electron chi connectivity index (χ3n) is 3.76. The number of rotatable bonds is 2. The van der Waals surface area contributed by atoms with E-state index in [1.54, 1.807) is 6.92 Å². The Morgan fingerprint density at radius 3 is 2.45 bits per heavy atom. The van der Waals surface area contributed by atoms with Crippen LogP contribution in [0.25, 0.3) is 0 Å². The van der Waals surface area contributed by atoms with Crippen LogP contribution in [0, 0.1) is 0 Å². The van der Waals surface area contributed by atoms with Gasteiger partial charge in [-0.2, -0.15) is 13.2 Å². The van der Waals surface area contributed by atoms with Crippen LogP contribution in [0.5, 0.6) is 0 Å². The lowest BCUT2D eigenvalue weighted by Gasteiger charge is -2.42. The first-order valence-electron chi connectivity index (χ1n) is 6.47. The Bertz CT molecular complexity index is 475. The second kappa shape index (κ2) is 5.44. The van der Waals surface area contributed by atoms with E-state index in [9.17, 15) is 18.0 Å². The summed E-state index contributed by atoms with van der Waals surface area (Å²) in [7, 11) is 0. The summed E-state index contributed by atoms with van der Waals surface area (Å²) in [6, 6.07) is 7.82. The molecule has 1 heterocycles. The molecule has 20 heavy (non-hydrogen) atoms. The van der Waals surface area contributed by atoms with Crippen molar-refractivity contribution in [3.63, 3.8) is 0 Å². The third-order valence-corrected chi connectivity index (χ3v) is 3.76. The number of amides is 1. The molecule has 2 rings (SSSR count). The Hall–Kier alpha value is -1.56. The fourth-order valence-corrected chi connectivity index (χ4v) is 2.73. The topological polar surface area (TPSA) is 46.3 Å². The highest BCUT2D eigenvalue weighted by Crippen LogP contribution is 2.34. The predicted octanol–water partition coefficient (Wildman–Crippen LogP) is 2.28. The molecule has 0 saturated carbocycles. The first-order chi connectivity index (χ1) is 9.29. The zero-order chi connectivity index (χ0) is 14.9. The van der Waals surface area contributed by atoms with Gasteiger partial charge in [0.2, 0.25) is 5.91 Å². The van der Waals surface area contributed by atoms with Crippen LogP contribution in [0.1, 0.15) is 24.8 Å². The first-order valence-corrected chi connectivity index (χ1v) is 6.47. The van der Waals surface area contributed by atoms with E-state index in [1.807, 2.05) is 30.3 Å². The van der Waals surface area contributed by atoms with Crippen molar-refractivity contribution in [3.8, 4) is 0 Å². The van der Waals surface area contributed by atoms with Crippen molar-refractivity contribution in [2.75, 3.05) is 6.54 Å². The largest absolute Gasteiger partial charge is 0.406 e. The normalized spacial score (nSPS) is 27.8. The van der Waals surface area contributed by atoms with Gasteiger partial charge >= 0.3 is 6.18 Å². The first kappa shape index (κ1) is 14.8. The molecule has 1 aliphatic heterocycles. The third kappa shape index (κ3) is 3.12. The number of piperidine rings is 1. The Kier molecular flexibility index (Phi) is 4.04. The highest BCUT2D eigenvalue weighted by Gasteiger charge is 2.43. The molecule has 0 radical (unpaired) electrons. The van der Waals surface area contributed by atoms with Gasteiger partial charge in [0.15, 0.2) is 0 Å². The lowest BCUT2D eigenvalue weighted by molar-refractivity contribution is -0.170. The Balaban J connectivity index is 2.26. The van der Waals surface area contributed by atoms with Gasteiger partial charge in [-0.05, 0) is 18.9 Å². The summed E-state index contributed by atoms with van der Waals surface area (Å²) in [5.74, 6) is -0.798. The van der Waals surface area contributed by atoms with Crippen LogP contribution < -0.4 is 5.73 Å². The Morgan fingerprint density at radius 1 is 1.30 bits per heavy atom. The minimum absolute atomic E-state index is 0.175. The second-order valence-electron chi connectivity index (χ2n) is 5.18. The van der Waals surface area contributed by atoms with E-state index < -0.39 is 30.7 Å². The summed E-state index contributed by atoms with van der Waals surface area (Å²) >= 11 is 0. The van der Waals surface area contributed by atoms with E-state index >= 15 is 0 Å². The minimum atomic E-state index is -4.41. The van der Waals surface area contributed by atoms with Crippen LogP contribution in [0.3, 0.4) is 0 Å². The van der Waals surface area contributed by atoms with Gasteiger partial charge in [-0.15, -0.1) is 0 Å². The van der Waals surface area contributed by atoms with E-state index in [0.29, 0.717) is 6.42 Å². The van der Waals surface area contributed by atoms with Crippen LogP contribution >= 0.6 is 0 Å². The zero-order valence-electron chi connectivity index (χ0n) is 11.1. The molecule has 1 aromatic rings. The summed E-state index contributed by atoms with van der Waals surface area (Å²) in [4.78, 5) is 12.7. The maximum Gasteiger partial charge on any atom is 0.406 e. The van der Waals surface area contributed by atoms with E-state index in [0.717, 1.165) is 10.5 Å². The summed E-state index contributed by atoms with van der Waals surface area (Å²) in [6.45, 7) is 0.400. The van der Waals surface area contributed by atoms with Crippen molar-refractivity contribution in [2.24, 2.45) is 5.73 Å². The van der Waals surface area contributed by atoms with Crippen LogP contribution in [-0.4, -0.2) is 35.6 Å². The number of carbonyl (C=O) groups excluding carboxylic acids is 1. The molecular formula is C14H17F3N2O. The van der Waals surface area contributed by atoms with Crippen molar-refractivity contribution in [3.05, 3.63) is 35.9 Å². The zero-order valence-corrected chi connectivity index (χ0v) is 11.1. The van der Waals surface area contributed by atoms with Crippen LogP contribution in [0.15, 0.2) is 30.3 Å². The van der Waals surface area contributed by atoms with Crippen LogP contribution in [0.4, 0.5) is 13.2 Å². The lowest BCUT2D eigenvalue weighted by Crippen LogP contribution is -2.57. The minimum Gasteiger partial charge on any atom is -0.329 e. The van der Waals surface area contributed by atoms with Crippen molar-refractivity contribution in [2.45, 2.75) is 37.5 Å². The molecule has 2 N–H and O–H groups in total. The second-order valence-corrected chi connectivity index (χ2v) is 5.18. The van der Waals surface area contributed by atoms with Crippen LogP contribution in [0.2, 0.25) is 0 Å². The maximum absolute atomic E-state index is 12.6. The molecule has 0 aromatic heterocycles. The molecule has 3 atom stereocenters. The number of nitrogens with zero attached hydrogens (tertiary/aromatic N) is 1. The Morgan fingerprint density at radius 2 is 1.90 bits per heavy atom. The Labute approximate surface area is 115 Å². The maximum atomic E-state index is 12.6. The van der Waals surface area contributed by atoms with Gasteiger partial charge < -0.3 is 10.6 Å². The number of benzene rings is 1. The SMILES string of the molecule is CC1C(c2ccccc2)C[C@@H](N)C(=O)N1CC(F)(F)F. The van der Waals surface area contributed by atoms with Gasteiger partial charge in [0.05, 0.1) is 6.04 Å². The molecule has 2 unspecified atom stereocenters. The van der Waals surface area contributed by atoms with Crippen molar-refractivity contribution >= 4 is 5.91 Å². The van der Waals surface area contributed by atoms with E-state index in [1.165, 1.54) is 0 Å². The highest BCUT2D eigenvalue weighted by molar-refractivity contribution is 5.83. The average molecular weight is 286 g/mol. The molecule has 1 saturated heterocycles. The molecular weight excluding hydrogens is 269 g/mol. The van der Waals surface area contributed by atoms with Gasteiger partial charge in [0.25, 0.3) is 0 Å². The number of alkyl halides is 3. The lowest BCUT2D eigenvalue weighted by atomic mass is 9.82. The number of carbonyl (C=O) groups is 1. The number of hydrogen-bond donors (Lipinski definition) is 1. The fraction of sp³-hybridized carbons (Fsp3) is 0.500. The van der Waals surface area contributed by atoms with Gasteiger partial charge in [0, 0.05) is 12.0 Å². The quantitative estimate of drug-likeness (QED) is 0.906. The summed E-state index contributed by atoms with van der Waals surface area (Å²) in [6.07, 6.45) is -4.04. The molecule has 0 bridgehead atoms. The number of hydrogen-bond acceptors (Lipinski definition) is 2. The predicted molar refractivity (Wildman–Crippen MR) is 69.0 cm³/mol. The van der Waals surface area contributed by atoms with Crippen molar-refractivity contribution < 1.29 is 18.0 Å².